The molecule has 1 amide bonds. The van der Waals surface area contributed by atoms with Gasteiger partial charge in [-0.1, -0.05) is 19.1 Å². The second-order valence-corrected chi connectivity index (χ2v) is 5.57. The summed E-state index contributed by atoms with van der Waals surface area (Å²) >= 11 is 0. The van der Waals surface area contributed by atoms with Crippen LogP contribution in [0.15, 0.2) is 24.3 Å². The molecule has 2 unspecified atom stereocenters. The van der Waals surface area contributed by atoms with Crippen molar-refractivity contribution in [3.63, 3.8) is 0 Å². The molecule has 0 radical (unpaired) electrons. The topological polar surface area (TPSA) is 67.6 Å². The van der Waals surface area contributed by atoms with Crippen molar-refractivity contribution in [2.24, 2.45) is 11.7 Å². The van der Waals surface area contributed by atoms with Gasteiger partial charge < -0.3 is 15.8 Å². The zero-order chi connectivity index (χ0) is 15.2. The van der Waals surface area contributed by atoms with Gasteiger partial charge in [-0.25, -0.2) is 0 Å². The summed E-state index contributed by atoms with van der Waals surface area (Å²) in [4.78, 5) is 14.2. The van der Waals surface area contributed by atoms with Gasteiger partial charge in [0.05, 0.1) is 13.2 Å². The fourth-order valence-corrected chi connectivity index (χ4v) is 2.39. The summed E-state index contributed by atoms with van der Waals surface area (Å²) in [5.41, 5.74) is 7.57. The number of anilines is 1. The van der Waals surface area contributed by atoms with Crippen LogP contribution in [0.5, 0.6) is 0 Å². The molecule has 0 bridgehead atoms. The van der Waals surface area contributed by atoms with Crippen LogP contribution >= 0.6 is 24.8 Å². The van der Waals surface area contributed by atoms with Crippen LogP contribution in [0.2, 0.25) is 0 Å². The highest BCUT2D eigenvalue weighted by Crippen LogP contribution is 2.22. The summed E-state index contributed by atoms with van der Waals surface area (Å²) in [6.45, 7) is 7.92. The lowest BCUT2D eigenvalue weighted by molar-refractivity contribution is -0.119. The molecule has 0 saturated carbocycles. The molecule has 7 heteroatoms. The molecule has 1 aromatic carbocycles. The SMILES string of the molecule is CC(CN)C(=O)Nc1ccc(C(C)N2CCOCC2)cc1.Cl.Cl. The molecule has 1 aliphatic rings. The number of nitrogens with one attached hydrogen (secondary N) is 1. The van der Waals surface area contributed by atoms with Crippen LogP contribution in [0, 0.1) is 5.92 Å². The summed E-state index contributed by atoms with van der Waals surface area (Å²) in [7, 11) is 0. The van der Waals surface area contributed by atoms with Crippen molar-refractivity contribution < 1.29 is 9.53 Å². The maximum atomic E-state index is 11.8. The third-order valence-corrected chi connectivity index (χ3v) is 4.06. The molecule has 1 saturated heterocycles. The number of carbonyl (C=O) groups is 1. The number of carbonyl (C=O) groups excluding carboxylic acids is 1. The van der Waals surface area contributed by atoms with Gasteiger partial charge in [-0.3, -0.25) is 9.69 Å². The largest absolute Gasteiger partial charge is 0.379 e. The third-order valence-electron chi connectivity index (χ3n) is 4.06. The number of ether oxygens (including phenoxy) is 1. The minimum Gasteiger partial charge on any atom is -0.379 e. The Morgan fingerprint density at radius 2 is 1.78 bits per heavy atom. The molecule has 2 rings (SSSR count). The number of hydrogen-bond donors (Lipinski definition) is 2. The molecule has 0 aromatic heterocycles. The molecule has 132 valence electrons. The number of nitrogens with two attached hydrogens (primary N) is 1. The van der Waals surface area contributed by atoms with E-state index in [1.54, 1.807) is 0 Å². The lowest BCUT2D eigenvalue weighted by atomic mass is 10.1. The summed E-state index contributed by atoms with van der Waals surface area (Å²) in [6.07, 6.45) is 0. The first kappa shape index (κ1) is 22.1. The van der Waals surface area contributed by atoms with Crippen LogP contribution < -0.4 is 11.1 Å². The lowest BCUT2D eigenvalue weighted by Gasteiger charge is -2.32. The summed E-state index contributed by atoms with van der Waals surface area (Å²) < 4.78 is 5.38. The Hall–Kier alpha value is -0.850. The quantitative estimate of drug-likeness (QED) is 0.842. The van der Waals surface area contributed by atoms with Crippen LogP contribution in [-0.2, 0) is 9.53 Å². The monoisotopic (exact) mass is 363 g/mol. The molecule has 3 N–H and O–H groups in total. The fraction of sp³-hybridized carbons (Fsp3) is 0.562. The van der Waals surface area contributed by atoms with Gasteiger partial charge in [-0.2, -0.15) is 0 Å². The minimum atomic E-state index is -0.169. The van der Waals surface area contributed by atoms with E-state index >= 15 is 0 Å². The first-order valence-corrected chi connectivity index (χ1v) is 7.54. The Morgan fingerprint density at radius 3 is 2.30 bits per heavy atom. The van der Waals surface area contributed by atoms with E-state index in [2.05, 4.69) is 29.3 Å². The van der Waals surface area contributed by atoms with Gasteiger partial charge in [0, 0.05) is 37.3 Å². The maximum Gasteiger partial charge on any atom is 0.228 e. The molecular weight excluding hydrogens is 337 g/mol. The van der Waals surface area contributed by atoms with E-state index < -0.39 is 0 Å². The predicted octanol–water partition coefficient (Wildman–Crippen LogP) is 2.46. The number of amides is 1. The smallest absolute Gasteiger partial charge is 0.228 e. The summed E-state index contributed by atoms with van der Waals surface area (Å²) in [5, 5.41) is 2.89. The molecule has 0 aliphatic carbocycles. The van der Waals surface area contributed by atoms with Crippen LogP contribution in [0.4, 0.5) is 5.69 Å². The molecule has 1 aromatic rings. The lowest BCUT2D eigenvalue weighted by Crippen LogP contribution is -2.38. The molecule has 1 heterocycles. The Kier molecular flexibility index (Phi) is 10.4. The van der Waals surface area contributed by atoms with E-state index in [4.69, 9.17) is 10.5 Å². The van der Waals surface area contributed by atoms with Gasteiger partial charge in [0.25, 0.3) is 0 Å². The first-order valence-electron chi connectivity index (χ1n) is 7.54. The average Bonchev–Trinajstić information content (AvgIpc) is 2.55. The molecule has 2 atom stereocenters. The van der Waals surface area contributed by atoms with E-state index in [1.165, 1.54) is 5.56 Å². The van der Waals surface area contributed by atoms with E-state index in [0.717, 1.165) is 32.0 Å². The highest BCUT2D eigenvalue weighted by atomic mass is 35.5. The van der Waals surface area contributed by atoms with Crippen molar-refractivity contribution in [3.05, 3.63) is 29.8 Å². The van der Waals surface area contributed by atoms with Crippen molar-refractivity contribution in [3.8, 4) is 0 Å². The summed E-state index contributed by atoms with van der Waals surface area (Å²) in [6, 6.07) is 8.41. The van der Waals surface area contributed by atoms with Crippen LogP contribution in [0.1, 0.15) is 25.5 Å². The standard InChI is InChI=1S/C16H25N3O2.2ClH/c1-12(11-17)16(20)18-15-5-3-14(4-6-15)13(2)19-7-9-21-10-8-19;;/h3-6,12-13H,7-11,17H2,1-2H3,(H,18,20);2*1H. The van der Waals surface area contributed by atoms with Gasteiger partial charge in [0.15, 0.2) is 0 Å². The Balaban J connectivity index is 0.00000242. The third kappa shape index (κ3) is 6.28. The predicted molar refractivity (Wildman–Crippen MR) is 98.6 cm³/mol. The van der Waals surface area contributed by atoms with Crippen molar-refractivity contribution in [2.45, 2.75) is 19.9 Å². The molecule has 23 heavy (non-hydrogen) atoms. The number of hydrogen-bond acceptors (Lipinski definition) is 4. The van der Waals surface area contributed by atoms with Crippen molar-refractivity contribution in [1.82, 2.24) is 4.90 Å². The second-order valence-electron chi connectivity index (χ2n) is 5.57. The van der Waals surface area contributed by atoms with Crippen molar-refractivity contribution in [2.75, 3.05) is 38.2 Å². The zero-order valence-corrected chi connectivity index (χ0v) is 15.3. The Morgan fingerprint density at radius 1 is 1.22 bits per heavy atom. The second kappa shape index (κ2) is 10.8. The molecule has 1 aliphatic heterocycles. The van der Waals surface area contributed by atoms with Gasteiger partial charge in [-0.15, -0.1) is 24.8 Å². The molecule has 1 fully saturated rings. The highest BCUT2D eigenvalue weighted by Gasteiger charge is 2.18. The molecular formula is C16H27Cl2N3O2. The summed E-state index contributed by atoms with van der Waals surface area (Å²) in [5.74, 6) is -0.205. The van der Waals surface area contributed by atoms with E-state index in [9.17, 15) is 4.79 Å². The van der Waals surface area contributed by atoms with Gasteiger partial charge >= 0.3 is 0 Å². The van der Waals surface area contributed by atoms with E-state index in [1.807, 2.05) is 19.1 Å². The number of halogens is 2. The van der Waals surface area contributed by atoms with Crippen LogP contribution in [-0.4, -0.2) is 43.7 Å². The maximum absolute atomic E-state index is 11.8. The number of benzene rings is 1. The van der Waals surface area contributed by atoms with E-state index in [0.29, 0.717) is 12.6 Å². The molecule has 0 spiro atoms. The minimum absolute atomic E-state index is 0. The number of nitrogens with zero attached hydrogens (tertiary/aromatic N) is 1. The van der Waals surface area contributed by atoms with Crippen molar-refractivity contribution >= 4 is 36.4 Å². The fourth-order valence-electron chi connectivity index (χ4n) is 2.39. The normalized spacial score (nSPS) is 17.3. The van der Waals surface area contributed by atoms with Crippen LogP contribution in [0.3, 0.4) is 0 Å². The molecule has 5 nitrogen and oxygen atoms in total. The highest BCUT2D eigenvalue weighted by molar-refractivity contribution is 5.92. The van der Waals surface area contributed by atoms with Gasteiger partial charge in [0.2, 0.25) is 5.91 Å². The average molecular weight is 364 g/mol. The van der Waals surface area contributed by atoms with Crippen LogP contribution in [0.25, 0.3) is 0 Å². The van der Waals surface area contributed by atoms with Gasteiger partial charge in [-0.05, 0) is 24.6 Å². The van der Waals surface area contributed by atoms with Gasteiger partial charge in [0.1, 0.15) is 0 Å². The Labute approximate surface area is 150 Å². The van der Waals surface area contributed by atoms with E-state index in [-0.39, 0.29) is 36.6 Å². The number of rotatable bonds is 5. The number of morpholine rings is 1. The zero-order valence-electron chi connectivity index (χ0n) is 13.7. The van der Waals surface area contributed by atoms with Crippen molar-refractivity contribution in [1.29, 1.82) is 0 Å². The first-order chi connectivity index (χ1) is 10.1. The Bertz CT molecular complexity index is 465.